The Labute approximate surface area is 113 Å². The average Bonchev–Trinajstić information content (AvgIpc) is 2.67. The maximum atomic E-state index is 12.4. The molecular formula is C11H14N2O3S2. The van der Waals surface area contributed by atoms with Gasteiger partial charge < -0.3 is 10.0 Å². The first-order chi connectivity index (χ1) is 8.50. The summed E-state index contributed by atoms with van der Waals surface area (Å²) in [6.45, 7) is 4.11. The molecule has 0 aliphatic carbocycles. The topological polar surface area (TPSA) is 70.5 Å². The number of carboxylic acid groups (broad SMARTS) is 1. The van der Waals surface area contributed by atoms with Crippen LogP contribution in [0.5, 0.6) is 0 Å². The van der Waals surface area contributed by atoms with Crippen LogP contribution < -0.4 is 0 Å². The lowest BCUT2D eigenvalue weighted by atomic mass is 10.2. The lowest BCUT2D eigenvalue weighted by molar-refractivity contribution is -0.141. The number of nitrogens with zero attached hydrogens (tertiary/aromatic N) is 2. The second-order valence-corrected chi connectivity index (χ2v) is 6.43. The summed E-state index contributed by atoms with van der Waals surface area (Å²) in [6, 6.07) is -0.724. The minimum absolute atomic E-state index is 0.203. The highest BCUT2D eigenvalue weighted by molar-refractivity contribution is 7.99. The summed E-state index contributed by atoms with van der Waals surface area (Å²) in [5, 5.41) is 9.99. The van der Waals surface area contributed by atoms with E-state index in [-0.39, 0.29) is 5.91 Å². The highest BCUT2D eigenvalue weighted by Crippen LogP contribution is 2.24. The van der Waals surface area contributed by atoms with Crippen LogP contribution >= 0.6 is 23.1 Å². The number of aliphatic carboxylic acids is 1. The van der Waals surface area contributed by atoms with E-state index >= 15 is 0 Å². The number of amides is 1. The second-order valence-electron chi connectivity index (χ2n) is 4.07. The van der Waals surface area contributed by atoms with Crippen LogP contribution in [0.1, 0.15) is 20.4 Å². The molecule has 0 aromatic carbocycles. The maximum Gasteiger partial charge on any atom is 0.327 e. The van der Waals surface area contributed by atoms with E-state index < -0.39 is 12.0 Å². The third kappa shape index (κ3) is 2.51. The van der Waals surface area contributed by atoms with Crippen LogP contribution in [0.3, 0.4) is 0 Å². The van der Waals surface area contributed by atoms with E-state index in [0.717, 1.165) is 10.8 Å². The third-order valence-corrected chi connectivity index (χ3v) is 4.86. The molecule has 1 unspecified atom stereocenters. The van der Waals surface area contributed by atoms with E-state index in [4.69, 9.17) is 5.11 Å². The van der Waals surface area contributed by atoms with Gasteiger partial charge in [0.25, 0.3) is 5.91 Å². The molecule has 98 valence electrons. The smallest absolute Gasteiger partial charge is 0.327 e. The van der Waals surface area contributed by atoms with Gasteiger partial charge in [0.05, 0.1) is 10.7 Å². The molecule has 1 aliphatic rings. The van der Waals surface area contributed by atoms with Gasteiger partial charge in [-0.1, -0.05) is 0 Å². The summed E-state index contributed by atoms with van der Waals surface area (Å²) < 4.78 is 0. The van der Waals surface area contributed by atoms with Crippen LogP contribution in [0.25, 0.3) is 0 Å². The number of thioether (sulfide) groups is 1. The Bertz CT molecular complexity index is 487. The largest absolute Gasteiger partial charge is 0.480 e. The predicted molar refractivity (Wildman–Crippen MR) is 71.4 cm³/mol. The summed E-state index contributed by atoms with van der Waals surface area (Å²) in [4.78, 5) is 29.8. The zero-order chi connectivity index (χ0) is 13.3. The zero-order valence-corrected chi connectivity index (χ0v) is 11.8. The van der Waals surface area contributed by atoms with Crippen molar-refractivity contribution in [3.63, 3.8) is 0 Å². The van der Waals surface area contributed by atoms with Gasteiger partial charge in [0.2, 0.25) is 0 Å². The summed E-state index contributed by atoms with van der Waals surface area (Å²) >= 11 is 2.90. The molecule has 1 aromatic rings. The predicted octanol–water partition coefficient (Wildman–Crippen LogP) is 1.40. The lowest BCUT2D eigenvalue weighted by Gasteiger charge is -2.32. The molecule has 2 rings (SSSR count). The second kappa shape index (κ2) is 5.27. The minimum Gasteiger partial charge on any atom is -0.480 e. The number of rotatable bonds is 2. The number of aromatic nitrogens is 1. The van der Waals surface area contributed by atoms with Crippen LogP contribution in [-0.2, 0) is 4.79 Å². The Balaban J connectivity index is 2.26. The molecule has 1 atom stereocenters. The number of aryl methyl sites for hydroxylation is 2. The molecule has 0 saturated carbocycles. The average molecular weight is 286 g/mol. The van der Waals surface area contributed by atoms with Crippen LogP contribution in [0.15, 0.2) is 0 Å². The Morgan fingerprint density at radius 2 is 2.17 bits per heavy atom. The molecule has 0 bridgehead atoms. The fraction of sp³-hybridized carbons (Fsp3) is 0.545. The lowest BCUT2D eigenvalue weighted by Crippen LogP contribution is -2.50. The van der Waals surface area contributed by atoms with E-state index in [0.29, 0.717) is 22.9 Å². The van der Waals surface area contributed by atoms with Gasteiger partial charge >= 0.3 is 5.97 Å². The van der Waals surface area contributed by atoms with Crippen LogP contribution in [0.4, 0.5) is 0 Å². The number of carboxylic acids is 1. The van der Waals surface area contributed by atoms with Crippen LogP contribution in [0.2, 0.25) is 0 Å². The Morgan fingerprint density at radius 3 is 2.72 bits per heavy atom. The number of hydrogen-bond acceptors (Lipinski definition) is 5. The molecule has 7 heteroatoms. The Hall–Kier alpha value is -1.08. The molecule has 0 spiro atoms. The number of thiazole rings is 1. The van der Waals surface area contributed by atoms with Crippen molar-refractivity contribution in [2.75, 3.05) is 18.1 Å². The summed E-state index contributed by atoms with van der Waals surface area (Å²) in [5.74, 6) is 0.102. The Morgan fingerprint density at radius 1 is 1.44 bits per heavy atom. The first-order valence-electron chi connectivity index (χ1n) is 5.56. The summed E-state index contributed by atoms with van der Waals surface area (Å²) in [6.07, 6.45) is 0. The number of carbonyl (C=O) groups excluding carboxylic acids is 1. The van der Waals surface area contributed by atoms with Crippen molar-refractivity contribution in [2.45, 2.75) is 19.9 Å². The van der Waals surface area contributed by atoms with Gasteiger partial charge in [0.15, 0.2) is 0 Å². The van der Waals surface area contributed by atoms with Gasteiger partial charge in [-0.15, -0.1) is 11.3 Å². The van der Waals surface area contributed by atoms with Gasteiger partial charge in [-0.25, -0.2) is 9.78 Å². The molecule has 1 fully saturated rings. The summed E-state index contributed by atoms with van der Waals surface area (Å²) in [5.41, 5.74) is 0.685. The minimum atomic E-state index is -0.936. The van der Waals surface area contributed by atoms with Crippen molar-refractivity contribution in [1.29, 1.82) is 0 Å². The van der Waals surface area contributed by atoms with Gasteiger partial charge in [0, 0.05) is 18.1 Å². The van der Waals surface area contributed by atoms with Crippen LogP contribution in [-0.4, -0.2) is 51.0 Å². The van der Waals surface area contributed by atoms with Crippen molar-refractivity contribution >= 4 is 35.0 Å². The van der Waals surface area contributed by atoms with Crippen molar-refractivity contribution < 1.29 is 14.7 Å². The number of hydrogen-bond donors (Lipinski definition) is 1. The van der Waals surface area contributed by atoms with Crippen molar-refractivity contribution in [3.8, 4) is 0 Å². The molecule has 2 heterocycles. The van der Waals surface area contributed by atoms with Crippen LogP contribution in [0, 0.1) is 13.8 Å². The van der Waals surface area contributed by atoms with Gasteiger partial charge in [0.1, 0.15) is 10.9 Å². The first kappa shape index (κ1) is 13.4. The molecule has 18 heavy (non-hydrogen) atoms. The SMILES string of the molecule is Cc1nc(C)c(C(=O)N2CCSCC2C(=O)O)s1. The van der Waals surface area contributed by atoms with Gasteiger partial charge in [-0.2, -0.15) is 11.8 Å². The summed E-state index contributed by atoms with van der Waals surface area (Å²) in [7, 11) is 0. The van der Waals surface area contributed by atoms with E-state index in [9.17, 15) is 9.59 Å². The van der Waals surface area contributed by atoms with E-state index in [1.165, 1.54) is 16.2 Å². The van der Waals surface area contributed by atoms with Crippen molar-refractivity contribution in [2.24, 2.45) is 0 Å². The van der Waals surface area contributed by atoms with Crippen molar-refractivity contribution in [3.05, 3.63) is 15.6 Å². The number of carbonyl (C=O) groups is 2. The van der Waals surface area contributed by atoms with E-state index in [2.05, 4.69) is 4.98 Å². The normalized spacial score (nSPS) is 19.9. The standard InChI is InChI=1S/C11H14N2O3S2/c1-6-9(18-7(2)12-6)10(14)13-3-4-17-5-8(13)11(15)16/h8H,3-5H2,1-2H3,(H,15,16). The first-order valence-corrected chi connectivity index (χ1v) is 7.53. The third-order valence-electron chi connectivity index (χ3n) is 2.77. The molecule has 0 radical (unpaired) electrons. The fourth-order valence-electron chi connectivity index (χ4n) is 1.91. The quantitative estimate of drug-likeness (QED) is 0.890. The van der Waals surface area contributed by atoms with Gasteiger partial charge in [-0.05, 0) is 13.8 Å². The highest BCUT2D eigenvalue weighted by Gasteiger charge is 2.34. The molecule has 1 amide bonds. The zero-order valence-electron chi connectivity index (χ0n) is 10.2. The molecule has 1 aromatic heterocycles. The maximum absolute atomic E-state index is 12.4. The van der Waals surface area contributed by atoms with E-state index in [1.807, 2.05) is 6.92 Å². The fourth-order valence-corrected chi connectivity index (χ4v) is 3.83. The van der Waals surface area contributed by atoms with Gasteiger partial charge in [-0.3, -0.25) is 4.79 Å². The molecular weight excluding hydrogens is 272 g/mol. The highest BCUT2D eigenvalue weighted by atomic mass is 32.2. The Kier molecular flexibility index (Phi) is 3.91. The van der Waals surface area contributed by atoms with E-state index in [1.54, 1.807) is 18.7 Å². The molecule has 1 N–H and O–H groups in total. The monoisotopic (exact) mass is 286 g/mol. The van der Waals surface area contributed by atoms with Crippen molar-refractivity contribution in [1.82, 2.24) is 9.88 Å². The molecule has 5 nitrogen and oxygen atoms in total. The molecule has 1 aliphatic heterocycles. The molecule has 1 saturated heterocycles.